The summed E-state index contributed by atoms with van der Waals surface area (Å²) in [6, 6.07) is 7.32. The van der Waals surface area contributed by atoms with E-state index in [1.54, 1.807) is 32.0 Å². The monoisotopic (exact) mass is 394 g/mol. The second-order valence-electron chi connectivity index (χ2n) is 5.88. The number of nitrogens with one attached hydrogen (secondary N) is 1. The van der Waals surface area contributed by atoms with Crippen molar-refractivity contribution in [1.29, 1.82) is 0 Å². The Morgan fingerprint density at radius 1 is 1.38 bits per heavy atom. The van der Waals surface area contributed by atoms with E-state index in [-0.39, 0.29) is 18.7 Å². The standard InChI is InChI=1S/C16H20BBrN2O4/c1-4-14(21)12(9-20(2)3)16(22)24-17(23)15-8-10-7-11(18)5-6-13(10)19-15/h5-8,12,19,23H,4,9H2,1-3H3. The zero-order valence-electron chi connectivity index (χ0n) is 13.9. The zero-order chi connectivity index (χ0) is 17.9. The molecule has 2 rings (SSSR count). The van der Waals surface area contributed by atoms with Crippen molar-refractivity contribution in [3.05, 3.63) is 28.7 Å². The average molecular weight is 395 g/mol. The second-order valence-corrected chi connectivity index (χ2v) is 6.80. The van der Waals surface area contributed by atoms with Gasteiger partial charge in [-0.3, -0.25) is 9.59 Å². The Bertz CT molecular complexity index is 747. The number of halogens is 1. The number of fused-ring (bicyclic) bond motifs is 1. The summed E-state index contributed by atoms with van der Waals surface area (Å²) >= 11 is 3.38. The number of ketones is 1. The highest BCUT2D eigenvalue weighted by Crippen LogP contribution is 2.18. The molecule has 8 heteroatoms. The predicted molar refractivity (Wildman–Crippen MR) is 97.0 cm³/mol. The van der Waals surface area contributed by atoms with E-state index in [1.807, 2.05) is 18.2 Å². The van der Waals surface area contributed by atoms with Crippen LogP contribution in [0.5, 0.6) is 0 Å². The molecule has 1 atom stereocenters. The van der Waals surface area contributed by atoms with E-state index in [2.05, 4.69) is 20.9 Å². The van der Waals surface area contributed by atoms with Crippen LogP contribution in [0, 0.1) is 5.92 Å². The van der Waals surface area contributed by atoms with Gasteiger partial charge in [0.2, 0.25) is 0 Å². The number of benzene rings is 1. The summed E-state index contributed by atoms with van der Waals surface area (Å²) in [5.41, 5.74) is 1.18. The van der Waals surface area contributed by atoms with E-state index >= 15 is 0 Å². The van der Waals surface area contributed by atoms with Crippen LogP contribution in [0.3, 0.4) is 0 Å². The van der Waals surface area contributed by atoms with Crippen molar-refractivity contribution >= 4 is 51.3 Å². The molecule has 1 aromatic heterocycles. The third-order valence-corrected chi connectivity index (χ3v) is 4.16. The molecule has 2 N–H and O–H groups in total. The lowest BCUT2D eigenvalue weighted by atomic mass is 9.85. The minimum atomic E-state index is -1.45. The molecule has 0 saturated carbocycles. The van der Waals surface area contributed by atoms with Crippen molar-refractivity contribution in [2.75, 3.05) is 20.6 Å². The molecule has 1 aromatic carbocycles. The van der Waals surface area contributed by atoms with E-state index < -0.39 is 19.0 Å². The van der Waals surface area contributed by atoms with Gasteiger partial charge in [-0.15, -0.1) is 0 Å². The summed E-state index contributed by atoms with van der Waals surface area (Å²) in [6.45, 7) is 1.95. The number of rotatable bonds is 7. The van der Waals surface area contributed by atoms with E-state index in [9.17, 15) is 14.6 Å². The molecular formula is C16H20BBrN2O4. The predicted octanol–water partition coefficient (Wildman–Crippen LogP) is 1.32. The van der Waals surface area contributed by atoms with Crippen LogP contribution in [0.25, 0.3) is 10.9 Å². The van der Waals surface area contributed by atoms with Crippen LogP contribution in [0.1, 0.15) is 13.3 Å². The lowest BCUT2D eigenvalue weighted by Gasteiger charge is -2.19. The Kier molecular flexibility index (Phi) is 6.20. The molecule has 0 bridgehead atoms. The van der Waals surface area contributed by atoms with Gasteiger partial charge in [-0.05, 0) is 38.4 Å². The fourth-order valence-corrected chi connectivity index (χ4v) is 2.81. The average Bonchev–Trinajstić information content (AvgIpc) is 2.94. The Morgan fingerprint density at radius 2 is 2.08 bits per heavy atom. The van der Waals surface area contributed by atoms with Gasteiger partial charge in [-0.2, -0.15) is 0 Å². The molecule has 1 unspecified atom stereocenters. The molecule has 0 fully saturated rings. The number of carbonyl (C=O) groups excluding carboxylic acids is 2. The summed E-state index contributed by atoms with van der Waals surface area (Å²) in [5, 5.41) is 11.1. The van der Waals surface area contributed by atoms with Crippen LogP contribution in [-0.4, -0.2) is 54.4 Å². The van der Waals surface area contributed by atoms with Crippen LogP contribution >= 0.6 is 15.9 Å². The van der Waals surface area contributed by atoms with Gasteiger partial charge in [-0.25, -0.2) is 0 Å². The molecule has 1 heterocycles. The van der Waals surface area contributed by atoms with Gasteiger partial charge in [0.1, 0.15) is 11.7 Å². The Morgan fingerprint density at radius 3 is 2.71 bits per heavy atom. The van der Waals surface area contributed by atoms with Gasteiger partial charge < -0.3 is 19.6 Å². The molecule has 0 radical (unpaired) electrons. The van der Waals surface area contributed by atoms with Crippen LogP contribution < -0.4 is 5.59 Å². The van der Waals surface area contributed by atoms with Crippen molar-refractivity contribution in [2.45, 2.75) is 13.3 Å². The highest BCUT2D eigenvalue weighted by atomic mass is 79.9. The zero-order valence-corrected chi connectivity index (χ0v) is 15.5. The minimum Gasteiger partial charge on any atom is -0.504 e. The molecule has 2 aromatic rings. The number of Topliss-reactive ketones (excluding diaryl/α,β-unsaturated/α-hetero) is 1. The van der Waals surface area contributed by atoms with E-state index in [0.717, 1.165) is 15.4 Å². The van der Waals surface area contributed by atoms with Crippen LogP contribution in [0.15, 0.2) is 28.7 Å². The Balaban J connectivity index is 2.14. The lowest BCUT2D eigenvalue weighted by Crippen LogP contribution is -2.42. The maximum Gasteiger partial charge on any atom is 0.579 e. The smallest absolute Gasteiger partial charge is 0.504 e. The first-order valence-corrected chi connectivity index (χ1v) is 8.45. The third kappa shape index (κ3) is 4.46. The van der Waals surface area contributed by atoms with Gasteiger partial charge >= 0.3 is 13.1 Å². The molecule has 0 amide bonds. The maximum absolute atomic E-state index is 12.3. The first-order valence-electron chi connectivity index (χ1n) is 7.66. The highest BCUT2D eigenvalue weighted by molar-refractivity contribution is 9.10. The Hall–Kier alpha value is -1.64. The van der Waals surface area contributed by atoms with Crippen LogP contribution in [-0.2, 0) is 14.2 Å². The molecule has 24 heavy (non-hydrogen) atoms. The summed E-state index contributed by atoms with van der Waals surface area (Å²) in [4.78, 5) is 29.0. The van der Waals surface area contributed by atoms with Gasteiger partial charge in [0.05, 0.1) is 5.59 Å². The molecular weight excluding hydrogens is 375 g/mol. The van der Waals surface area contributed by atoms with Gasteiger partial charge in [-0.1, -0.05) is 22.9 Å². The topological polar surface area (TPSA) is 82.6 Å². The van der Waals surface area contributed by atoms with Gasteiger partial charge in [0, 0.05) is 28.3 Å². The third-order valence-electron chi connectivity index (χ3n) is 3.67. The molecule has 0 aliphatic rings. The van der Waals surface area contributed by atoms with E-state index in [4.69, 9.17) is 4.65 Å². The van der Waals surface area contributed by atoms with Crippen molar-refractivity contribution in [3.8, 4) is 0 Å². The molecule has 0 aliphatic heterocycles. The number of carbonyl (C=O) groups is 2. The van der Waals surface area contributed by atoms with E-state index in [1.165, 1.54) is 0 Å². The maximum atomic E-state index is 12.3. The number of aromatic nitrogens is 1. The number of hydrogen-bond donors (Lipinski definition) is 2. The molecule has 0 spiro atoms. The molecule has 0 saturated heterocycles. The number of aromatic amines is 1. The fourth-order valence-electron chi connectivity index (χ4n) is 2.43. The van der Waals surface area contributed by atoms with Crippen LogP contribution in [0.2, 0.25) is 0 Å². The summed E-state index contributed by atoms with van der Waals surface area (Å²) in [7, 11) is 2.10. The molecule has 128 valence electrons. The van der Waals surface area contributed by atoms with Gasteiger partial charge in [0.15, 0.2) is 0 Å². The second kappa shape index (κ2) is 7.96. The highest BCUT2D eigenvalue weighted by Gasteiger charge is 2.32. The van der Waals surface area contributed by atoms with Crippen LogP contribution in [0.4, 0.5) is 0 Å². The molecule has 6 nitrogen and oxygen atoms in total. The van der Waals surface area contributed by atoms with Crippen molar-refractivity contribution in [1.82, 2.24) is 9.88 Å². The van der Waals surface area contributed by atoms with Crippen molar-refractivity contribution in [2.24, 2.45) is 5.92 Å². The number of hydrogen-bond acceptors (Lipinski definition) is 5. The molecule has 0 aliphatic carbocycles. The minimum absolute atomic E-state index is 0.207. The summed E-state index contributed by atoms with van der Waals surface area (Å²) < 4.78 is 6.02. The fraction of sp³-hybridized carbons (Fsp3) is 0.375. The lowest BCUT2D eigenvalue weighted by molar-refractivity contribution is -0.145. The van der Waals surface area contributed by atoms with E-state index in [0.29, 0.717) is 5.59 Å². The Labute approximate surface area is 149 Å². The first-order chi connectivity index (χ1) is 11.3. The number of H-pyrrole nitrogens is 1. The SMILES string of the molecule is CCC(=O)C(CN(C)C)C(=O)OB(O)c1cc2cc(Br)ccc2[nH]1. The largest absolute Gasteiger partial charge is 0.579 e. The van der Waals surface area contributed by atoms with Crippen molar-refractivity contribution in [3.63, 3.8) is 0 Å². The quantitative estimate of drug-likeness (QED) is 0.546. The normalized spacial score (nSPS) is 12.4. The first kappa shape index (κ1) is 18.7. The number of nitrogens with zero attached hydrogens (tertiary/aromatic N) is 1. The summed E-state index contributed by atoms with van der Waals surface area (Å²) in [6.07, 6.45) is 0.240. The van der Waals surface area contributed by atoms with Crippen molar-refractivity contribution < 1.29 is 19.3 Å². The summed E-state index contributed by atoms with van der Waals surface area (Å²) in [5.74, 6) is -1.83. The van der Waals surface area contributed by atoms with Gasteiger partial charge in [0.25, 0.3) is 0 Å².